The van der Waals surface area contributed by atoms with Crippen molar-refractivity contribution in [2.24, 2.45) is 7.05 Å². The average Bonchev–Trinajstić information content (AvgIpc) is 3.05. The molecule has 1 unspecified atom stereocenters. The number of hydrogen-bond donors (Lipinski definition) is 0. The van der Waals surface area contributed by atoms with Gasteiger partial charge in [-0.05, 0) is 19.8 Å². The third-order valence-electron chi connectivity index (χ3n) is 3.77. The first kappa shape index (κ1) is 13.4. The lowest BCUT2D eigenvalue weighted by molar-refractivity contribution is -0.123. The Morgan fingerprint density at radius 3 is 2.86 bits per heavy atom. The monoisotopic (exact) mass is 284 g/mol. The van der Waals surface area contributed by atoms with Crippen LogP contribution in [0.2, 0.25) is 0 Å². The van der Waals surface area contributed by atoms with Crippen LogP contribution < -0.4 is 4.90 Å². The Morgan fingerprint density at radius 1 is 1.43 bits per heavy atom. The number of rotatable bonds is 2. The molecule has 7 nitrogen and oxygen atoms in total. The van der Waals surface area contributed by atoms with Crippen molar-refractivity contribution in [3.8, 4) is 6.07 Å². The molecule has 0 bridgehead atoms. The first-order valence-electron chi connectivity index (χ1n) is 6.86. The zero-order valence-electron chi connectivity index (χ0n) is 12.0. The molecule has 0 spiro atoms. The molecule has 3 heterocycles. The van der Waals surface area contributed by atoms with Crippen molar-refractivity contribution in [1.82, 2.24) is 19.6 Å². The molecule has 1 atom stereocenters. The molecule has 1 amide bonds. The lowest BCUT2D eigenvalue weighted by Crippen LogP contribution is -2.42. The highest BCUT2D eigenvalue weighted by Crippen LogP contribution is 2.27. The molecule has 1 aliphatic rings. The zero-order chi connectivity index (χ0) is 15.0. The van der Waals surface area contributed by atoms with E-state index in [0.717, 1.165) is 18.5 Å². The highest BCUT2D eigenvalue weighted by Gasteiger charge is 2.32. The summed E-state index contributed by atoms with van der Waals surface area (Å²) in [5.41, 5.74) is 1.97. The van der Waals surface area contributed by atoms with E-state index in [1.54, 1.807) is 33.6 Å². The standard InChI is InChI=1S/C14H16N6O/c1-10-11(6-15)8-20(17-10)13-4-3-5-19(14(13)21)12-7-16-18(2)9-12/h7-9,13H,3-5H2,1-2H3. The number of aryl methyl sites for hydroxylation is 2. The van der Waals surface area contributed by atoms with Gasteiger partial charge in [-0.2, -0.15) is 15.5 Å². The van der Waals surface area contributed by atoms with Gasteiger partial charge < -0.3 is 4.90 Å². The van der Waals surface area contributed by atoms with Gasteiger partial charge in [0.1, 0.15) is 12.1 Å². The van der Waals surface area contributed by atoms with Gasteiger partial charge >= 0.3 is 0 Å². The topological polar surface area (TPSA) is 79.7 Å². The predicted molar refractivity (Wildman–Crippen MR) is 75.5 cm³/mol. The molecule has 2 aromatic rings. The molecule has 1 saturated heterocycles. The van der Waals surface area contributed by atoms with Gasteiger partial charge in [0, 0.05) is 26.0 Å². The SMILES string of the molecule is Cc1nn(C2CCCN(c3cnn(C)c3)C2=O)cc1C#N. The summed E-state index contributed by atoms with van der Waals surface area (Å²) in [4.78, 5) is 14.4. The summed E-state index contributed by atoms with van der Waals surface area (Å²) in [5.74, 6) is 0.00115. The fraction of sp³-hybridized carbons (Fsp3) is 0.429. The van der Waals surface area contributed by atoms with E-state index in [2.05, 4.69) is 16.3 Å². The number of carbonyl (C=O) groups excluding carboxylic acids is 1. The van der Waals surface area contributed by atoms with Crippen LogP contribution in [-0.4, -0.2) is 32.0 Å². The Morgan fingerprint density at radius 2 is 2.24 bits per heavy atom. The predicted octanol–water partition coefficient (Wildman–Crippen LogP) is 1.16. The molecular formula is C14H16N6O. The molecular weight excluding hydrogens is 268 g/mol. The molecule has 7 heteroatoms. The quantitative estimate of drug-likeness (QED) is 0.829. The second kappa shape index (κ2) is 5.05. The highest BCUT2D eigenvalue weighted by atomic mass is 16.2. The van der Waals surface area contributed by atoms with Crippen LogP contribution in [0.5, 0.6) is 0 Å². The van der Waals surface area contributed by atoms with Gasteiger partial charge in [0.15, 0.2) is 0 Å². The average molecular weight is 284 g/mol. The second-order valence-electron chi connectivity index (χ2n) is 5.24. The summed E-state index contributed by atoms with van der Waals surface area (Å²) in [6.45, 7) is 2.47. The normalized spacial score (nSPS) is 18.8. The van der Waals surface area contributed by atoms with E-state index in [4.69, 9.17) is 5.26 Å². The zero-order valence-corrected chi connectivity index (χ0v) is 12.0. The second-order valence-corrected chi connectivity index (χ2v) is 5.24. The van der Waals surface area contributed by atoms with E-state index in [9.17, 15) is 4.79 Å². The minimum absolute atomic E-state index is 0.00115. The molecule has 0 aromatic carbocycles. The molecule has 1 aliphatic heterocycles. The highest BCUT2D eigenvalue weighted by molar-refractivity contribution is 5.96. The van der Waals surface area contributed by atoms with Crippen LogP contribution in [0, 0.1) is 18.3 Å². The summed E-state index contributed by atoms with van der Waals surface area (Å²) < 4.78 is 3.30. The largest absolute Gasteiger partial charge is 0.308 e. The Kier molecular flexibility index (Phi) is 3.22. The number of nitrogens with zero attached hydrogens (tertiary/aromatic N) is 6. The van der Waals surface area contributed by atoms with Crippen molar-refractivity contribution in [2.45, 2.75) is 25.8 Å². The number of hydrogen-bond acceptors (Lipinski definition) is 4. The Hall–Kier alpha value is -2.62. The van der Waals surface area contributed by atoms with E-state index in [1.807, 2.05) is 13.2 Å². The summed E-state index contributed by atoms with van der Waals surface area (Å²) in [6.07, 6.45) is 6.81. The Bertz CT molecular complexity index is 722. The molecule has 0 aliphatic carbocycles. The van der Waals surface area contributed by atoms with Gasteiger partial charge in [0.05, 0.1) is 23.1 Å². The number of anilines is 1. The Labute approximate surface area is 122 Å². The van der Waals surface area contributed by atoms with E-state index in [0.29, 0.717) is 17.8 Å². The van der Waals surface area contributed by atoms with E-state index < -0.39 is 0 Å². The minimum atomic E-state index is -0.347. The Balaban J connectivity index is 1.89. The minimum Gasteiger partial charge on any atom is -0.308 e. The molecule has 108 valence electrons. The maximum absolute atomic E-state index is 12.7. The fourth-order valence-electron chi connectivity index (χ4n) is 2.66. The van der Waals surface area contributed by atoms with Crippen molar-refractivity contribution in [1.29, 1.82) is 5.26 Å². The van der Waals surface area contributed by atoms with Gasteiger partial charge in [-0.15, -0.1) is 0 Å². The maximum Gasteiger partial charge on any atom is 0.251 e. The first-order valence-corrected chi connectivity index (χ1v) is 6.86. The van der Waals surface area contributed by atoms with Gasteiger partial charge in [-0.3, -0.25) is 14.2 Å². The van der Waals surface area contributed by atoms with Crippen LogP contribution in [0.4, 0.5) is 5.69 Å². The number of piperidine rings is 1. The van der Waals surface area contributed by atoms with Crippen LogP contribution in [-0.2, 0) is 11.8 Å². The van der Waals surface area contributed by atoms with Crippen molar-refractivity contribution in [3.05, 3.63) is 29.8 Å². The lowest BCUT2D eigenvalue weighted by Gasteiger charge is -2.31. The fourth-order valence-corrected chi connectivity index (χ4v) is 2.66. The smallest absolute Gasteiger partial charge is 0.251 e. The molecule has 2 aromatic heterocycles. The molecule has 1 fully saturated rings. The van der Waals surface area contributed by atoms with Crippen LogP contribution in [0.25, 0.3) is 0 Å². The summed E-state index contributed by atoms with van der Waals surface area (Å²) in [7, 11) is 1.82. The molecule has 0 radical (unpaired) electrons. The lowest BCUT2D eigenvalue weighted by atomic mass is 10.0. The van der Waals surface area contributed by atoms with Crippen molar-refractivity contribution in [2.75, 3.05) is 11.4 Å². The molecule has 0 N–H and O–H groups in total. The summed E-state index contributed by atoms with van der Waals surface area (Å²) in [6, 6.07) is 1.75. The number of carbonyl (C=O) groups is 1. The van der Waals surface area contributed by atoms with Crippen LogP contribution in [0.3, 0.4) is 0 Å². The third-order valence-corrected chi connectivity index (χ3v) is 3.77. The number of aromatic nitrogens is 4. The van der Waals surface area contributed by atoms with Crippen molar-refractivity contribution >= 4 is 11.6 Å². The van der Waals surface area contributed by atoms with Gasteiger partial charge in [0.25, 0.3) is 5.91 Å². The summed E-state index contributed by atoms with van der Waals surface area (Å²) >= 11 is 0. The van der Waals surface area contributed by atoms with E-state index in [1.165, 1.54) is 0 Å². The van der Waals surface area contributed by atoms with Crippen LogP contribution in [0.1, 0.15) is 30.1 Å². The van der Waals surface area contributed by atoms with Crippen molar-refractivity contribution < 1.29 is 4.79 Å². The number of nitriles is 1. The first-order chi connectivity index (χ1) is 10.1. The molecule has 0 saturated carbocycles. The summed E-state index contributed by atoms with van der Waals surface area (Å²) in [5, 5.41) is 17.4. The van der Waals surface area contributed by atoms with E-state index >= 15 is 0 Å². The molecule has 3 rings (SSSR count). The maximum atomic E-state index is 12.7. The third kappa shape index (κ3) is 2.29. The number of amides is 1. The van der Waals surface area contributed by atoms with E-state index in [-0.39, 0.29) is 11.9 Å². The molecule has 21 heavy (non-hydrogen) atoms. The van der Waals surface area contributed by atoms with Crippen molar-refractivity contribution in [3.63, 3.8) is 0 Å². The van der Waals surface area contributed by atoms with Crippen LogP contribution >= 0.6 is 0 Å². The van der Waals surface area contributed by atoms with Gasteiger partial charge in [0.2, 0.25) is 0 Å². The van der Waals surface area contributed by atoms with Gasteiger partial charge in [-0.25, -0.2) is 0 Å². The van der Waals surface area contributed by atoms with Gasteiger partial charge in [-0.1, -0.05) is 0 Å². The van der Waals surface area contributed by atoms with Crippen LogP contribution in [0.15, 0.2) is 18.6 Å².